The lowest BCUT2D eigenvalue weighted by molar-refractivity contribution is -0.116. The molecule has 5 nitrogen and oxygen atoms in total. The second-order valence-corrected chi connectivity index (χ2v) is 7.87. The third-order valence-electron chi connectivity index (χ3n) is 3.14. The van der Waals surface area contributed by atoms with Crippen LogP contribution in [0.15, 0.2) is 16.6 Å². The summed E-state index contributed by atoms with van der Waals surface area (Å²) in [7, 11) is -3.38. The zero-order valence-electron chi connectivity index (χ0n) is 11.1. The number of ketones is 1. The van der Waals surface area contributed by atoms with Crippen molar-refractivity contribution in [2.45, 2.75) is 13.3 Å². The second kappa shape index (κ2) is 5.29. The summed E-state index contributed by atoms with van der Waals surface area (Å²) in [6.45, 7) is 2.05. The molecule has 7 heteroatoms. The Kier molecular flexibility index (Phi) is 4.02. The van der Waals surface area contributed by atoms with Crippen LogP contribution in [0, 0.1) is 0 Å². The zero-order valence-corrected chi connectivity index (χ0v) is 13.5. The third kappa shape index (κ3) is 3.09. The molecule has 1 amide bonds. The van der Waals surface area contributed by atoms with Crippen molar-refractivity contribution in [1.82, 2.24) is 0 Å². The van der Waals surface area contributed by atoms with Gasteiger partial charge in [-0.3, -0.25) is 9.59 Å². The van der Waals surface area contributed by atoms with Gasteiger partial charge in [0.05, 0.1) is 0 Å². The molecule has 0 atom stereocenters. The molecule has 0 aliphatic carbocycles. The van der Waals surface area contributed by atoms with E-state index in [1.54, 1.807) is 17.0 Å². The molecule has 0 saturated carbocycles. The molecule has 0 N–H and O–H groups in total. The largest absolute Gasteiger partial charge is 0.312 e. The Bertz CT molecular complexity index is 697. The third-order valence-corrected chi connectivity index (χ3v) is 4.58. The first-order valence-corrected chi connectivity index (χ1v) is 8.86. The van der Waals surface area contributed by atoms with Gasteiger partial charge in [0.1, 0.15) is 5.75 Å². The van der Waals surface area contributed by atoms with Crippen LogP contribution in [0.5, 0.6) is 0 Å². The average molecular weight is 360 g/mol. The number of nitrogens with zero attached hydrogens (tertiary/aromatic N) is 1. The van der Waals surface area contributed by atoms with Crippen molar-refractivity contribution in [2.24, 2.45) is 0 Å². The highest BCUT2D eigenvalue weighted by Crippen LogP contribution is 2.33. The molecule has 0 bridgehead atoms. The standard InChI is InChI=1S/C13H14BrNO4S/c1-8(16)15-4-3-9-5-11(14)10(6-12(9)15)13(17)7-20(2,18)19/h5-6H,3-4,7H2,1-2H3. The molecule has 0 spiro atoms. The summed E-state index contributed by atoms with van der Waals surface area (Å²) in [6.07, 6.45) is 1.75. The van der Waals surface area contributed by atoms with Gasteiger partial charge in [0.25, 0.3) is 0 Å². The quantitative estimate of drug-likeness (QED) is 0.768. The number of carbonyl (C=O) groups excluding carboxylic acids is 2. The maximum Gasteiger partial charge on any atom is 0.223 e. The van der Waals surface area contributed by atoms with Gasteiger partial charge in [0.2, 0.25) is 5.91 Å². The van der Waals surface area contributed by atoms with Gasteiger partial charge >= 0.3 is 0 Å². The maximum absolute atomic E-state index is 12.0. The molecule has 0 aromatic heterocycles. The molecule has 1 heterocycles. The Morgan fingerprint density at radius 1 is 1.35 bits per heavy atom. The Labute approximate surface area is 126 Å². The van der Waals surface area contributed by atoms with Crippen LogP contribution in [0.2, 0.25) is 0 Å². The molecule has 20 heavy (non-hydrogen) atoms. The average Bonchev–Trinajstić information content (AvgIpc) is 2.67. The lowest BCUT2D eigenvalue weighted by Gasteiger charge is -2.16. The van der Waals surface area contributed by atoms with Crippen molar-refractivity contribution in [3.05, 3.63) is 27.7 Å². The molecule has 1 aromatic rings. The lowest BCUT2D eigenvalue weighted by atomic mass is 10.1. The van der Waals surface area contributed by atoms with Gasteiger partial charge in [-0.25, -0.2) is 8.42 Å². The normalized spacial score (nSPS) is 14.2. The van der Waals surface area contributed by atoms with E-state index in [9.17, 15) is 18.0 Å². The molecule has 1 aliphatic heterocycles. The van der Waals surface area contributed by atoms with Gasteiger partial charge in [-0.2, -0.15) is 0 Å². The number of amides is 1. The number of halogens is 1. The Morgan fingerprint density at radius 2 is 2.00 bits per heavy atom. The number of carbonyl (C=O) groups is 2. The SMILES string of the molecule is CC(=O)N1CCc2cc(Br)c(C(=O)CS(C)(=O)=O)cc21. The van der Waals surface area contributed by atoms with E-state index in [0.717, 1.165) is 18.2 Å². The van der Waals surface area contributed by atoms with Gasteiger partial charge in [-0.05, 0) is 24.1 Å². The van der Waals surface area contributed by atoms with E-state index in [-0.39, 0.29) is 5.91 Å². The Hall–Kier alpha value is -1.21. The number of sulfone groups is 1. The predicted molar refractivity (Wildman–Crippen MR) is 79.9 cm³/mol. The molecule has 0 fully saturated rings. The van der Waals surface area contributed by atoms with Crippen molar-refractivity contribution in [2.75, 3.05) is 23.5 Å². The van der Waals surface area contributed by atoms with E-state index in [0.29, 0.717) is 22.3 Å². The summed E-state index contributed by atoms with van der Waals surface area (Å²) in [6, 6.07) is 3.38. The summed E-state index contributed by atoms with van der Waals surface area (Å²) in [5.41, 5.74) is 1.96. The van der Waals surface area contributed by atoms with E-state index in [1.807, 2.05) is 0 Å². The summed E-state index contributed by atoms with van der Waals surface area (Å²) in [5, 5.41) is 0. The molecule has 0 radical (unpaired) electrons. The number of hydrogen-bond acceptors (Lipinski definition) is 4. The first-order chi connectivity index (χ1) is 9.19. The number of Topliss-reactive ketones (excluding diaryl/α,β-unsaturated/α-hetero) is 1. The minimum absolute atomic E-state index is 0.0902. The number of fused-ring (bicyclic) bond motifs is 1. The molecule has 2 rings (SSSR count). The molecule has 1 aliphatic rings. The van der Waals surface area contributed by atoms with E-state index >= 15 is 0 Å². The van der Waals surface area contributed by atoms with Crippen LogP contribution in [0.4, 0.5) is 5.69 Å². The Balaban J connectivity index is 2.44. The second-order valence-electron chi connectivity index (χ2n) is 4.87. The van der Waals surface area contributed by atoms with Gasteiger partial charge < -0.3 is 4.90 Å². The topological polar surface area (TPSA) is 71.5 Å². The van der Waals surface area contributed by atoms with E-state index < -0.39 is 21.4 Å². The maximum atomic E-state index is 12.0. The van der Waals surface area contributed by atoms with Gasteiger partial charge in [0, 0.05) is 35.4 Å². The Morgan fingerprint density at radius 3 is 2.55 bits per heavy atom. The number of benzene rings is 1. The summed E-state index contributed by atoms with van der Waals surface area (Å²) in [4.78, 5) is 25.2. The zero-order chi connectivity index (χ0) is 15.1. The van der Waals surface area contributed by atoms with Gasteiger partial charge in [-0.15, -0.1) is 0 Å². The minimum atomic E-state index is -3.38. The van der Waals surface area contributed by atoms with Crippen LogP contribution in [-0.4, -0.2) is 38.7 Å². The van der Waals surface area contributed by atoms with Crippen LogP contribution in [0.25, 0.3) is 0 Å². The summed E-state index contributed by atoms with van der Waals surface area (Å²) < 4.78 is 23.0. The first-order valence-electron chi connectivity index (χ1n) is 6.00. The highest BCUT2D eigenvalue weighted by Gasteiger charge is 2.26. The molecule has 0 saturated heterocycles. The van der Waals surface area contributed by atoms with Crippen LogP contribution in [0.1, 0.15) is 22.8 Å². The fourth-order valence-electron chi connectivity index (χ4n) is 2.26. The molecule has 0 unspecified atom stereocenters. The van der Waals surface area contributed by atoms with Crippen molar-refractivity contribution >= 4 is 43.1 Å². The highest BCUT2D eigenvalue weighted by atomic mass is 79.9. The van der Waals surface area contributed by atoms with Crippen LogP contribution in [-0.2, 0) is 21.1 Å². The summed E-state index contributed by atoms with van der Waals surface area (Å²) in [5.74, 6) is -1.10. The van der Waals surface area contributed by atoms with Crippen molar-refractivity contribution in [1.29, 1.82) is 0 Å². The summed E-state index contributed by atoms with van der Waals surface area (Å²) >= 11 is 3.30. The van der Waals surface area contributed by atoms with Crippen LogP contribution < -0.4 is 4.90 Å². The highest BCUT2D eigenvalue weighted by molar-refractivity contribution is 9.10. The van der Waals surface area contributed by atoms with E-state index in [4.69, 9.17) is 0 Å². The molecular weight excluding hydrogens is 346 g/mol. The number of anilines is 1. The monoisotopic (exact) mass is 359 g/mol. The first kappa shape index (κ1) is 15.2. The van der Waals surface area contributed by atoms with Crippen molar-refractivity contribution in [3.63, 3.8) is 0 Å². The lowest BCUT2D eigenvalue weighted by Crippen LogP contribution is -2.26. The van der Waals surface area contributed by atoms with E-state index in [1.165, 1.54) is 6.92 Å². The van der Waals surface area contributed by atoms with E-state index in [2.05, 4.69) is 15.9 Å². The van der Waals surface area contributed by atoms with Crippen LogP contribution in [0.3, 0.4) is 0 Å². The molecular formula is C13H14BrNO4S. The van der Waals surface area contributed by atoms with Crippen molar-refractivity contribution in [3.8, 4) is 0 Å². The fraction of sp³-hybridized carbons (Fsp3) is 0.385. The van der Waals surface area contributed by atoms with Crippen LogP contribution >= 0.6 is 15.9 Å². The van der Waals surface area contributed by atoms with Gasteiger partial charge in [-0.1, -0.05) is 15.9 Å². The molecule has 108 valence electrons. The number of hydrogen-bond donors (Lipinski definition) is 0. The fourth-order valence-corrected chi connectivity index (χ4v) is 3.51. The predicted octanol–water partition coefficient (Wildman–Crippen LogP) is 1.59. The smallest absolute Gasteiger partial charge is 0.223 e. The van der Waals surface area contributed by atoms with Crippen molar-refractivity contribution < 1.29 is 18.0 Å². The van der Waals surface area contributed by atoms with Gasteiger partial charge in [0.15, 0.2) is 15.6 Å². The number of rotatable bonds is 3. The molecule has 1 aromatic carbocycles. The minimum Gasteiger partial charge on any atom is -0.312 e.